The monoisotopic (exact) mass is 368 g/mol. The fourth-order valence-corrected chi connectivity index (χ4v) is 4.44. The van der Waals surface area contributed by atoms with Crippen LogP contribution < -0.4 is 0 Å². The summed E-state index contributed by atoms with van der Waals surface area (Å²) in [5.41, 5.74) is 1.15. The number of benzene rings is 1. The molecule has 1 aromatic carbocycles. The molecule has 134 valence electrons. The SMILES string of the molecule is CN(Cc1csc2ccccc12)C(=O)C1CC(=O)N(Cc2ccco2)C1. The number of hydrogen-bond donors (Lipinski definition) is 0. The Morgan fingerprint density at radius 2 is 2.15 bits per heavy atom. The van der Waals surface area contributed by atoms with E-state index >= 15 is 0 Å². The summed E-state index contributed by atoms with van der Waals surface area (Å²) in [4.78, 5) is 28.5. The maximum absolute atomic E-state index is 12.8. The first kappa shape index (κ1) is 16.8. The average molecular weight is 368 g/mol. The summed E-state index contributed by atoms with van der Waals surface area (Å²) >= 11 is 1.69. The van der Waals surface area contributed by atoms with Gasteiger partial charge in [0.1, 0.15) is 5.76 Å². The van der Waals surface area contributed by atoms with Crippen LogP contribution in [0.3, 0.4) is 0 Å². The van der Waals surface area contributed by atoms with E-state index in [1.807, 2.05) is 25.2 Å². The van der Waals surface area contributed by atoms with Crippen molar-refractivity contribution < 1.29 is 14.0 Å². The summed E-state index contributed by atoms with van der Waals surface area (Å²) < 4.78 is 6.54. The van der Waals surface area contributed by atoms with E-state index < -0.39 is 0 Å². The molecule has 1 aliphatic rings. The van der Waals surface area contributed by atoms with Crippen LogP contribution in [0.5, 0.6) is 0 Å². The maximum Gasteiger partial charge on any atom is 0.228 e. The predicted octanol–water partition coefficient (Wildman–Crippen LogP) is 3.50. The van der Waals surface area contributed by atoms with Gasteiger partial charge in [-0.15, -0.1) is 11.3 Å². The van der Waals surface area contributed by atoms with Crippen LogP contribution in [-0.2, 0) is 22.7 Å². The second kappa shape index (κ2) is 6.96. The standard InChI is InChI=1S/C20H20N2O3S/c1-21(10-15-13-26-18-7-3-2-6-17(15)18)20(24)14-9-19(23)22(11-14)12-16-5-4-8-25-16/h2-8,13-14H,9-12H2,1H3. The quantitative estimate of drug-likeness (QED) is 0.693. The summed E-state index contributed by atoms with van der Waals surface area (Å²) in [6.45, 7) is 1.44. The topological polar surface area (TPSA) is 53.8 Å². The van der Waals surface area contributed by atoms with E-state index in [0.717, 1.165) is 11.3 Å². The van der Waals surface area contributed by atoms with Gasteiger partial charge >= 0.3 is 0 Å². The molecule has 0 N–H and O–H groups in total. The Hall–Kier alpha value is -2.60. The Morgan fingerprint density at radius 3 is 2.96 bits per heavy atom. The van der Waals surface area contributed by atoms with E-state index in [4.69, 9.17) is 4.42 Å². The van der Waals surface area contributed by atoms with Crippen molar-refractivity contribution in [1.82, 2.24) is 9.80 Å². The van der Waals surface area contributed by atoms with Crippen molar-refractivity contribution in [1.29, 1.82) is 0 Å². The highest BCUT2D eigenvalue weighted by Gasteiger charge is 2.36. The summed E-state index contributed by atoms with van der Waals surface area (Å²) in [6, 6.07) is 11.9. The summed E-state index contributed by atoms with van der Waals surface area (Å²) in [7, 11) is 1.81. The fraction of sp³-hybridized carbons (Fsp3) is 0.300. The molecule has 6 heteroatoms. The number of fused-ring (bicyclic) bond motifs is 1. The van der Waals surface area contributed by atoms with Crippen molar-refractivity contribution in [2.45, 2.75) is 19.5 Å². The van der Waals surface area contributed by atoms with Crippen molar-refractivity contribution in [2.75, 3.05) is 13.6 Å². The number of rotatable bonds is 5. The second-order valence-electron chi connectivity index (χ2n) is 6.71. The molecule has 2 aromatic heterocycles. The molecule has 5 nitrogen and oxygen atoms in total. The van der Waals surface area contributed by atoms with Crippen LogP contribution in [0.2, 0.25) is 0 Å². The Kier molecular flexibility index (Phi) is 4.51. The highest BCUT2D eigenvalue weighted by atomic mass is 32.1. The molecule has 0 bridgehead atoms. The molecule has 2 amide bonds. The molecule has 1 saturated heterocycles. The van der Waals surface area contributed by atoms with E-state index in [9.17, 15) is 9.59 Å². The molecule has 3 aromatic rings. The normalized spacial score (nSPS) is 17.2. The smallest absolute Gasteiger partial charge is 0.228 e. The lowest BCUT2D eigenvalue weighted by Crippen LogP contribution is -2.34. The zero-order chi connectivity index (χ0) is 18.1. The van der Waals surface area contributed by atoms with Crippen LogP contribution >= 0.6 is 11.3 Å². The van der Waals surface area contributed by atoms with Crippen molar-refractivity contribution in [3.05, 3.63) is 59.4 Å². The Labute approximate surface area is 155 Å². The minimum atomic E-state index is -0.285. The van der Waals surface area contributed by atoms with Gasteiger partial charge in [-0.1, -0.05) is 18.2 Å². The number of carbonyl (C=O) groups excluding carboxylic acids is 2. The average Bonchev–Trinajstić information content (AvgIpc) is 3.37. The molecule has 3 heterocycles. The summed E-state index contributed by atoms with van der Waals surface area (Å²) in [5.74, 6) is 0.488. The van der Waals surface area contributed by atoms with Crippen LogP contribution in [0.25, 0.3) is 10.1 Å². The van der Waals surface area contributed by atoms with Crippen molar-refractivity contribution in [3.63, 3.8) is 0 Å². The van der Waals surface area contributed by atoms with Crippen molar-refractivity contribution in [3.8, 4) is 0 Å². The fourth-order valence-electron chi connectivity index (χ4n) is 3.48. The highest BCUT2D eigenvalue weighted by molar-refractivity contribution is 7.17. The number of furan rings is 1. The van der Waals surface area contributed by atoms with Gasteiger partial charge in [-0.25, -0.2) is 0 Å². The van der Waals surface area contributed by atoms with E-state index in [0.29, 0.717) is 19.6 Å². The van der Waals surface area contributed by atoms with Gasteiger partial charge in [-0.05, 0) is 34.5 Å². The van der Waals surface area contributed by atoms with Crippen LogP contribution in [0, 0.1) is 5.92 Å². The molecule has 0 aliphatic carbocycles. The highest BCUT2D eigenvalue weighted by Crippen LogP contribution is 2.28. The van der Waals surface area contributed by atoms with Gasteiger partial charge in [0.2, 0.25) is 11.8 Å². The summed E-state index contributed by atoms with van der Waals surface area (Å²) in [5, 5.41) is 3.30. The van der Waals surface area contributed by atoms with E-state index in [-0.39, 0.29) is 24.2 Å². The van der Waals surface area contributed by atoms with Gasteiger partial charge in [0, 0.05) is 31.3 Å². The van der Waals surface area contributed by atoms with Crippen LogP contribution in [0.1, 0.15) is 17.7 Å². The second-order valence-corrected chi connectivity index (χ2v) is 7.62. The van der Waals surface area contributed by atoms with Gasteiger partial charge in [-0.2, -0.15) is 0 Å². The minimum Gasteiger partial charge on any atom is -0.467 e. The number of amides is 2. The lowest BCUT2D eigenvalue weighted by atomic mass is 10.1. The number of hydrogen-bond acceptors (Lipinski definition) is 4. The molecular formula is C20H20N2O3S. The lowest BCUT2D eigenvalue weighted by molar-refractivity contribution is -0.135. The van der Waals surface area contributed by atoms with Gasteiger partial charge in [0.15, 0.2) is 0 Å². The van der Waals surface area contributed by atoms with Crippen LogP contribution in [0.4, 0.5) is 0 Å². The van der Waals surface area contributed by atoms with E-state index in [2.05, 4.69) is 17.5 Å². The molecule has 26 heavy (non-hydrogen) atoms. The largest absolute Gasteiger partial charge is 0.467 e. The predicted molar refractivity (Wildman–Crippen MR) is 101 cm³/mol. The molecule has 1 atom stereocenters. The van der Waals surface area contributed by atoms with Crippen LogP contribution in [-0.4, -0.2) is 35.2 Å². The van der Waals surface area contributed by atoms with Gasteiger partial charge in [-0.3, -0.25) is 9.59 Å². The lowest BCUT2D eigenvalue weighted by Gasteiger charge is -2.21. The molecule has 1 fully saturated rings. The summed E-state index contributed by atoms with van der Waals surface area (Å²) in [6.07, 6.45) is 1.87. The molecule has 4 rings (SSSR count). The zero-order valence-corrected chi connectivity index (χ0v) is 15.4. The zero-order valence-electron chi connectivity index (χ0n) is 14.6. The number of likely N-dealkylation sites (tertiary alicyclic amines) is 1. The first-order chi connectivity index (χ1) is 12.6. The molecule has 0 radical (unpaired) electrons. The third kappa shape index (κ3) is 3.24. The number of nitrogens with zero attached hydrogens (tertiary/aromatic N) is 2. The van der Waals surface area contributed by atoms with Crippen LogP contribution in [0.15, 0.2) is 52.5 Å². The Balaban J connectivity index is 1.41. The Morgan fingerprint density at radius 1 is 1.31 bits per heavy atom. The maximum atomic E-state index is 12.8. The number of carbonyl (C=O) groups is 2. The Bertz CT molecular complexity index is 932. The molecular weight excluding hydrogens is 348 g/mol. The van der Waals surface area contributed by atoms with E-state index in [1.54, 1.807) is 33.5 Å². The first-order valence-corrected chi connectivity index (χ1v) is 9.50. The molecule has 1 aliphatic heterocycles. The third-order valence-corrected chi connectivity index (χ3v) is 5.85. The van der Waals surface area contributed by atoms with Crippen molar-refractivity contribution >= 4 is 33.2 Å². The molecule has 1 unspecified atom stereocenters. The number of thiophene rings is 1. The first-order valence-electron chi connectivity index (χ1n) is 8.62. The van der Waals surface area contributed by atoms with Gasteiger partial charge < -0.3 is 14.2 Å². The third-order valence-electron chi connectivity index (χ3n) is 4.84. The van der Waals surface area contributed by atoms with Gasteiger partial charge in [0.05, 0.1) is 18.7 Å². The molecule has 0 spiro atoms. The van der Waals surface area contributed by atoms with E-state index in [1.165, 1.54) is 10.1 Å². The van der Waals surface area contributed by atoms with Gasteiger partial charge in [0.25, 0.3) is 0 Å². The molecule has 0 saturated carbocycles. The minimum absolute atomic E-state index is 0.00846. The van der Waals surface area contributed by atoms with Crippen molar-refractivity contribution in [2.24, 2.45) is 5.92 Å².